The molecular formula is C21H17ClN2O3S. The summed E-state index contributed by atoms with van der Waals surface area (Å²) in [5.41, 5.74) is 2.50. The summed E-state index contributed by atoms with van der Waals surface area (Å²) in [5.74, 6) is -0.254. The quantitative estimate of drug-likeness (QED) is 0.693. The van der Waals surface area contributed by atoms with Gasteiger partial charge in [-0.3, -0.25) is 9.52 Å². The predicted octanol–water partition coefficient (Wildman–Crippen LogP) is 4.34. The molecule has 142 valence electrons. The number of sulfonamides is 1. The first kappa shape index (κ1) is 18.5. The molecule has 3 aromatic carbocycles. The van der Waals surface area contributed by atoms with Crippen LogP contribution in [0, 0.1) is 0 Å². The van der Waals surface area contributed by atoms with Gasteiger partial charge in [-0.2, -0.15) is 0 Å². The summed E-state index contributed by atoms with van der Waals surface area (Å²) in [5, 5.41) is 0.275. The highest BCUT2D eigenvalue weighted by atomic mass is 35.5. The van der Waals surface area contributed by atoms with E-state index >= 15 is 0 Å². The lowest BCUT2D eigenvalue weighted by Crippen LogP contribution is -2.29. The fourth-order valence-electron chi connectivity index (χ4n) is 3.26. The zero-order chi connectivity index (χ0) is 19.7. The van der Waals surface area contributed by atoms with E-state index in [2.05, 4.69) is 4.72 Å². The molecule has 1 N–H and O–H groups in total. The van der Waals surface area contributed by atoms with Crippen LogP contribution in [0.25, 0.3) is 0 Å². The standard InChI is InChI=1S/C21H17ClN2O3S/c22-19-11-10-16(23-28(26,27)17-7-2-1-3-8-17)14-18(19)21(25)24-13-12-15-6-4-5-9-20(15)24/h1-11,14,23H,12-13H2. The predicted molar refractivity (Wildman–Crippen MR) is 111 cm³/mol. The monoisotopic (exact) mass is 412 g/mol. The maximum atomic E-state index is 13.1. The van der Waals surface area contributed by atoms with Crippen molar-refractivity contribution in [2.24, 2.45) is 0 Å². The number of anilines is 2. The second-order valence-corrected chi connectivity index (χ2v) is 8.54. The first-order valence-electron chi connectivity index (χ1n) is 8.73. The number of carbonyl (C=O) groups excluding carboxylic acids is 1. The molecule has 5 nitrogen and oxygen atoms in total. The highest BCUT2D eigenvalue weighted by molar-refractivity contribution is 7.92. The molecule has 28 heavy (non-hydrogen) atoms. The van der Waals surface area contributed by atoms with Crippen LogP contribution in [0.15, 0.2) is 77.7 Å². The molecule has 1 aliphatic heterocycles. The fourth-order valence-corrected chi connectivity index (χ4v) is 4.53. The smallest absolute Gasteiger partial charge is 0.261 e. The number of hydrogen-bond acceptors (Lipinski definition) is 3. The molecule has 4 rings (SSSR count). The number of nitrogens with one attached hydrogen (secondary N) is 1. The van der Waals surface area contributed by atoms with Crippen molar-refractivity contribution in [3.8, 4) is 0 Å². The Labute approximate surface area is 168 Å². The maximum absolute atomic E-state index is 13.1. The van der Waals surface area contributed by atoms with Gasteiger partial charge in [-0.1, -0.05) is 48.0 Å². The van der Waals surface area contributed by atoms with Gasteiger partial charge < -0.3 is 4.90 Å². The molecule has 0 saturated heterocycles. The second kappa shape index (κ2) is 7.30. The fraction of sp³-hybridized carbons (Fsp3) is 0.0952. The third-order valence-electron chi connectivity index (χ3n) is 4.63. The van der Waals surface area contributed by atoms with E-state index in [0.29, 0.717) is 6.54 Å². The van der Waals surface area contributed by atoms with Crippen molar-refractivity contribution in [2.45, 2.75) is 11.3 Å². The van der Waals surface area contributed by atoms with Crippen LogP contribution < -0.4 is 9.62 Å². The van der Waals surface area contributed by atoms with Gasteiger partial charge in [0.25, 0.3) is 15.9 Å². The zero-order valence-corrected chi connectivity index (χ0v) is 16.4. The summed E-state index contributed by atoms with van der Waals surface area (Å²) in [4.78, 5) is 14.9. The highest BCUT2D eigenvalue weighted by Gasteiger charge is 2.27. The van der Waals surface area contributed by atoms with Crippen molar-refractivity contribution >= 4 is 38.9 Å². The van der Waals surface area contributed by atoms with Crippen molar-refractivity contribution in [2.75, 3.05) is 16.2 Å². The SMILES string of the molecule is O=C(c1cc(NS(=O)(=O)c2ccccc2)ccc1Cl)N1CCc2ccccc21. The second-order valence-electron chi connectivity index (χ2n) is 6.45. The number of halogens is 1. The average Bonchev–Trinajstić information content (AvgIpc) is 3.13. The van der Waals surface area contributed by atoms with Crippen LogP contribution in [-0.2, 0) is 16.4 Å². The number of fused-ring (bicyclic) bond motifs is 1. The summed E-state index contributed by atoms with van der Waals surface area (Å²) < 4.78 is 27.6. The summed E-state index contributed by atoms with van der Waals surface area (Å²) in [6.45, 7) is 0.564. The van der Waals surface area contributed by atoms with E-state index in [1.165, 1.54) is 30.3 Å². The normalized spacial score (nSPS) is 13.2. The Hall–Kier alpha value is -2.83. The minimum atomic E-state index is -3.75. The van der Waals surface area contributed by atoms with Crippen molar-refractivity contribution < 1.29 is 13.2 Å². The lowest BCUT2D eigenvalue weighted by molar-refractivity contribution is 0.0989. The minimum Gasteiger partial charge on any atom is -0.308 e. The van der Waals surface area contributed by atoms with Crippen LogP contribution in [0.3, 0.4) is 0 Å². The number of hydrogen-bond donors (Lipinski definition) is 1. The molecule has 0 fully saturated rings. The van der Waals surface area contributed by atoms with Crippen LogP contribution in [-0.4, -0.2) is 20.9 Å². The number of carbonyl (C=O) groups is 1. The molecule has 0 saturated carbocycles. The zero-order valence-electron chi connectivity index (χ0n) is 14.8. The van der Waals surface area contributed by atoms with Crippen LogP contribution in [0.1, 0.15) is 15.9 Å². The topological polar surface area (TPSA) is 66.5 Å². The molecule has 0 unspecified atom stereocenters. The summed E-state index contributed by atoms with van der Waals surface area (Å²) in [6, 6.07) is 20.3. The Morgan fingerprint density at radius 2 is 1.68 bits per heavy atom. The number of rotatable bonds is 4. The Kier molecular flexibility index (Phi) is 4.83. The van der Waals surface area contributed by atoms with Gasteiger partial charge in [0.15, 0.2) is 0 Å². The summed E-state index contributed by atoms with van der Waals surface area (Å²) in [6.07, 6.45) is 0.778. The molecular weight excluding hydrogens is 396 g/mol. The largest absolute Gasteiger partial charge is 0.308 e. The van der Waals surface area contributed by atoms with Gasteiger partial charge >= 0.3 is 0 Å². The molecule has 1 aliphatic rings. The highest BCUT2D eigenvalue weighted by Crippen LogP contribution is 2.31. The maximum Gasteiger partial charge on any atom is 0.261 e. The minimum absolute atomic E-state index is 0.145. The van der Waals surface area contributed by atoms with Gasteiger partial charge in [0.2, 0.25) is 0 Å². The summed E-state index contributed by atoms with van der Waals surface area (Å²) >= 11 is 6.26. The lowest BCUT2D eigenvalue weighted by atomic mass is 10.1. The number of amides is 1. The molecule has 7 heteroatoms. The Morgan fingerprint density at radius 3 is 2.46 bits per heavy atom. The Morgan fingerprint density at radius 1 is 0.964 bits per heavy atom. The van der Waals surface area contributed by atoms with Crippen LogP contribution >= 0.6 is 11.6 Å². The molecule has 0 bridgehead atoms. The van der Waals surface area contributed by atoms with E-state index in [1.807, 2.05) is 24.3 Å². The van der Waals surface area contributed by atoms with Crippen molar-refractivity contribution in [1.82, 2.24) is 0 Å². The van der Waals surface area contributed by atoms with E-state index in [0.717, 1.165) is 17.7 Å². The molecule has 3 aromatic rings. The lowest BCUT2D eigenvalue weighted by Gasteiger charge is -2.19. The van der Waals surface area contributed by atoms with E-state index in [4.69, 9.17) is 11.6 Å². The molecule has 0 atom stereocenters. The van der Waals surface area contributed by atoms with Crippen LogP contribution in [0.4, 0.5) is 11.4 Å². The third kappa shape index (κ3) is 3.48. The van der Waals surface area contributed by atoms with Crippen molar-refractivity contribution in [3.63, 3.8) is 0 Å². The van der Waals surface area contributed by atoms with E-state index in [1.54, 1.807) is 23.1 Å². The molecule has 0 aliphatic carbocycles. The summed E-state index contributed by atoms with van der Waals surface area (Å²) in [7, 11) is -3.75. The van der Waals surface area contributed by atoms with Crippen LogP contribution in [0.5, 0.6) is 0 Å². The van der Waals surface area contributed by atoms with E-state index < -0.39 is 10.0 Å². The molecule has 1 heterocycles. The van der Waals surface area contributed by atoms with Crippen LogP contribution in [0.2, 0.25) is 5.02 Å². The number of nitrogens with zero attached hydrogens (tertiary/aromatic N) is 1. The van der Waals surface area contributed by atoms with Crippen molar-refractivity contribution in [1.29, 1.82) is 0 Å². The number of benzene rings is 3. The van der Waals surface area contributed by atoms with Gasteiger partial charge in [-0.15, -0.1) is 0 Å². The van der Waals surface area contributed by atoms with Gasteiger partial charge in [0.05, 0.1) is 15.5 Å². The molecule has 0 spiro atoms. The number of para-hydroxylation sites is 1. The molecule has 0 radical (unpaired) electrons. The van der Waals surface area contributed by atoms with Gasteiger partial charge in [0, 0.05) is 17.9 Å². The van der Waals surface area contributed by atoms with Gasteiger partial charge in [-0.25, -0.2) is 8.42 Å². The Balaban J connectivity index is 1.64. The third-order valence-corrected chi connectivity index (χ3v) is 6.36. The van der Waals surface area contributed by atoms with Gasteiger partial charge in [0.1, 0.15) is 0 Å². The molecule has 0 aromatic heterocycles. The van der Waals surface area contributed by atoms with E-state index in [9.17, 15) is 13.2 Å². The first-order valence-corrected chi connectivity index (χ1v) is 10.6. The molecule has 1 amide bonds. The average molecular weight is 413 g/mol. The van der Waals surface area contributed by atoms with Crippen molar-refractivity contribution in [3.05, 3.63) is 88.9 Å². The Bertz CT molecular complexity index is 1150. The first-order chi connectivity index (χ1) is 13.5. The van der Waals surface area contributed by atoms with E-state index in [-0.39, 0.29) is 27.1 Å². The van der Waals surface area contributed by atoms with Gasteiger partial charge in [-0.05, 0) is 48.4 Å².